The summed E-state index contributed by atoms with van der Waals surface area (Å²) in [5.41, 5.74) is 3.71. The van der Waals surface area contributed by atoms with Crippen molar-refractivity contribution in [3.05, 3.63) is 88.3 Å². The van der Waals surface area contributed by atoms with Gasteiger partial charge in [-0.25, -0.2) is 4.98 Å². The van der Waals surface area contributed by atoms with E-state index in [-0.39, 0.29) is 18.6 Å². The highest BCUT2D eigenvalue weighted by Gasteiger charge is 2.23. The Hall–Kier alpha value is -3.65. The fourth-order valence-electron chi connectivity index (χ4n) is 3.92. The van der Waals surface area contributed by atoms with Gasteiger partial charge in [-0.1, -0.05) is 47.7 Å². The molecule has 7 nitrogen and oxygen atoms in total. The number of thiazole rings is 1. The molecule has 2 aromatic carbocycles. The van der Waals surface area contributed by atoms with Crippen molar-refractivity contribution in [1.82, 2.24) is 15.5 Å². The van der Waals surface area contributed by atoms with Gasteiger partial charge < -0.3 is 19.3 Å². The standard InChI is InChI=1S/C25H23N3O4S/c1-2-16-5-3-4-6-20(16)22-9-7-17-13-18(8-10-21(17)31-22)30-25-27-15-23(33-25)24(29)26-14-19-11-12-28-32-19/h3-6,8,10-13,15,22H,2,7,9,14H2,1H3,(H,26,29). The van der Waals surface area contributed by atoms with Crippen LogP contribution >= 0.6 is 11.3 Å². The smallest absolute Gasteiger partial charge is 0.279 e. The first kappa shape index (κ1) is 21.2. The van der Waals surface area contributed by atoms with Gasteiger partial charge in [0, 0.05) is 6.07 Å². The van der Waals surface area contributed by atoms with E-state index in [0.717, 1.165) is 30.6 Å². The maximum Gasteiger partial charge on any atom is 0.279 e. The predicted molar refractivity (Wildman–Crippen MR) is 124 cm³/mol. The summed E-state index contributed by atoms with van der Waals surface area (Å²) in [7, 11) is 0. The fraction of sp³-hybridized carbons (Fsp3) is 0.240. The molecular formula is C25H23N3O4S. The van der Waals surface area contributed by atoms with E-state index in [2.05, 4.69) is 46.6 Å². The van der Waals surface area contributed by atoms with Gasteiger partial charge >= 0.3 is 0 Å². The van der Waals surface area contributed by atoms with E-state index in [1.54, 1.807) is 6.07 Å². The summed E-state index contributed by atoms with van der Waals surface area (Å²) in [5.74, 6) is 1.90. The summed E-state index contributed by atoms with van der Waals surface area (Å²) in [5, 5.41) is 6.80. The van der Waals surface area contributed by atoms with E-state index >= 15 is 0 Å². The van der Waals surface area contributed by atoms with E-state index < -0.39 is 0 Å². The van der Waals surface area contributed by atoms with Gasteiger partial charge in [-0.05, 0) is 54.2 Å². The van der Waals surface area contributed by atoms with Crippen LogP contribution in [0.5, 0.6) is 16.7 Å². The van der Waals surface area contributed by atoms with Crippen molar-refractivity contribution in [1.29, 1.82) is 0 Å². The Labute approximate surface area is 195 Å². The molecule has 1 aliphatic rings. The predicted octanol–water partition coefficient (Wildman–Crippen LogP) is 5.48. The highest BCUT2D eigenvalue weighted by Crippen LogP contribution is 2.38. The maximum atomic E-state index is 12.3. The minimum absolute atomic E-state index is 0.0670. The number of carbonyl (C=O) groups is 1. The average molecular weight is 462 g/mol. The topological polar surface area (TPSA) is 86.5 Å². The number of amides is 1. The van der Waals surface area contributed by atoms with Crippen LogP contribution in [0, 0.1) is 0 Å². The zero-order valence-corrected chi connectivity index (χ0v) is 18.9. The molecule has 0 saturated heterocycles. The van der Waals surface area contributed by atoms with Crippen molar-refractivity contribution in [2.45, 2.75) is 38.8 Å². The third-order valence-electron chi connectivity index (χ3n) is 5.59. The SMILES string of the molecule is CCc1ccccc1C1CCc2cc(Oc3ncc(C(=O)NCc4ccno4)s3)ccc2O1. The number of nitrogens with zero attached hydrogens (tertiary/aromatic N) is 2. The van der Waals surface area contributed by atoms with Gasteiger partial charge in [0.25, 0.3) is 11.1 Å². The molecule has 2 aromatic heterocycles. The molecule has 0 radical (unpaired) electrons. The lowest BCUT2D eigenvalue weighted by atomic mass is 9.93. The van der Waals surface area contributed by atoms with Crippen LogP contribution in [0.2, 0.25) is 0 Å². The van der Waals surface area contributed by atoms with Gasteiger partial charge in [0.15, 0.2) is 5.76 Å². The Morgan fingerprint density at radius 3 is 3.00 bits per heavy atom. The second-order valence-electron chi connectivity index (χ2n) is 7.72. The number of hydrogen-bond acceptors (Lipinski definition) is 7. The Balaban J connectivity index is 1.23. The quantitative estimate of drug-likeness (QED) is 0.392. The first-order valence-corrected chi connectivity index (χ1v) is 11.7. The van der Waals surface area contributed by atoms with Gasteiger partial charge in [-0.2, -0.15) is 0 Å². The van der Waals surface area contributed by atoms with E-state index in [1.807, 2.05) is 18.2 Å². The molecule has 8 heteroatoms. The minimum atomic E-state index is -0.240. The monoisotopic (exact) mass is 461 g/mol. The number of aryl methyl sites for hydroxylation is 2. The number of rotatable bonds is 7. The maximum absolute atomic E-state index is 12.3. The Bertz CT molecular complexity index is 1250. The van der Waals surface area contributed by atoms with Crippen molar-refractivity contribution in [2.75, 3.05) is 0 Å². The number of aromatic nitrogens is 2. The molecule has 3 heterocycles. The number of ether oxygens (including phenoxy) is 2. The van der Waals surface area contributed by atoms with Crippen molar-refractivity contribution < 1.29 is 18.8 Å². The fourth-order valence-corrected chi connectivity index (χ4v) is 4.62. The average Bonchev–Trinajstić information content (AvgIpc) is 3.54. The molecule has 5 rings (SSSR count). The molecule has 1 N–H and O–H groups in total. The van der Waals surface area contributed by atoms with E-state index in [9.17, 15) is 4.79 Å². The normalized spacial score (nSPS) is 14.9. The molecule has 1 unspecified atom stereocenters. The highest BCUT2D eigenvalue weighted by molar-refractivity contribution is 7.15. The Morgan fingerprint density at radius 1 is 1.24 bits per heavy atom. The largest absolute Gasteiger partial charge is 0.485 e. The first-order valence-electron chi connectivity index (χ1n) is 10.9. The molecule has 1 atom stereocenters. The molecule has 0 bridgehead atoms. The lowest BCUT2D eigenvalue weighted by Gasteiger charge is -2.28. The summed E-state index contributed by atoms with van der Waals surface area (Å²) >= 11 is 1.19. The Morgan fingerprint density at radius 2 is 2.15 bits per heavy atom. The van der Waals surface area contributed by atoms with Crippen LogP contribution in [-0.2, 0) is 19.4 Å². The summed E-state index contributed by atoms with van der Waals surface area (Å²) in [6.45, 7) is 2.44. The molecule has 0 aliphatic carbocycles. The molecule has 33 heavy (non-hydrogen) atoms. The van der Waals surface area contributed by atoms with E-state index in [4.69, 9.17) is 14.0 Å². The number of nitrogens with one attached hydrogen (secondary N) is 1. The van der Waals surface area contributed by atoms with Gasteiger partial charge in [-0.3, -0.25) is 4.79 Å². The molecular weight excluding hydrogens is 438 g/mol. The zero-order valence-electron chi connectivity index (χ0n) is 18.1. The molecule has 0 spiro atoms. The first-order chi connectivity index (χ1) is 16.2. The molecule has 0 fully saturated rings. The lowest BCUT2D eigenvalue weighted by molar-refractivity contribution is 0.0951. The molecule has 168 valence electrons. The van der Waals surface area contributed by atoms with Crippen molar-refractivity contribution >= 4 is 17.2 Å². The molecule has 1 aliphatic heterocycles. The van der Waals surface area contributed by atoms with Crippen LogP contribution < -0.4 is 14.8 Å². The van der Waals surface area contributed by atoms with Gasteiger partial charge in [0.1, 0.15) is 22.5 Å². The van der Waals surface area contributed by atoms with Crippen LogP contribution in [0.4, 0.5) is 0 Å². The Kier molecular flexibility index (Phi) is 6.08. The molecule has 4 aromatic rings. The molecule has 1 amide bonds. The number of benzene rings is 2. The van der Waals surface area contributed by atoms with Crippen LogP contribution in [0.1, 0.15) is 51.6 Å². The summed E-state index contributed by atoms with van der Waals surface area (Å²) in [6, 6.07) is 16.0. The van der Waals surface area contributed by atoms with E-state index in [1.165, 1.54) is 34.9 Å². The van der Waals surface area contributed by atoms with Crippen LogP contribution in [0.25, 0.3) is 0 Å². The lowest BCUT2D eigenvalue weighted by Crippen LogP contribution is -2.21. The van der Waals surface area contributed by atoms with Crippen molar-refractivity contribution in [3.63, 3.8) is 0 Å². The minimum Gasteiger partial charge on any atom is -0.485 e. The second kappa shape index (κ2) is 9.46. The zero-order chi connectivity index (χ0) is 22.6. The number of hydrogen-bond donors (Lipinski definition) is 1. The highest BCUT2D eigenvalue weighted by atomic mass is 32.1. The van der Waals surface area contributed by atoms with Gasteiger partial charge in [0.05, 0.1) is 18.9 Å². The third-order valence-corrected chi connectivity index (χ3v) is 6.46. The van der Waals surface area contributed by atoms with Gasteiger partial charge in [0.2, 0.25) is 0 Å². The summed E-state index contributed by atoms with van der Waals surface area (Å²) < 4.78 is 17.2. The van der Waals surface area contributed by atoms with Crippen LogP contribution in [0.3, 0.4) is 0 Å². The van der Waals surface area contributed by atoms with E-state index in [0.29, 0.717) is 21.6 Å². The second-order valence-corrected chi connectivity index (χ2v) is 8.71. The number of fused-ring (bicyclic) bond motifs is 1. The number of carbonyl (C=O) groups excluding carboxylic acids is 1. The third kappa shape index (κ3) is 4.75. The summed E-state index contributed by atoms with van der Waals surface area (Å²) in [4.78, 5) is 17.0. The van der Waals surface area contributed by atoms with Crippen molar-refractivity contribution in [3.8, 4) is 16.7 Å². The molecule has 0 saturated carbocycles. The summed E-state index contributed by atoms with van der Waals surface area (Å²) in [6.07, 6.45) is 5.92. The van der Waals surface area contributed by atoms with Crippen LogP contribution in [-0.4, -0.2) is 16.0 Å². The van der Waals surface area contributed by atoms with Crippen LogP contribution in [0.15, 0.2) is 65.4 Å². The van der Waals surface area contributed by atoms with Gasteiger partial charge in [-0.15, -0.1) is 0 Å². The van der Waals surface area contributed by atoms with Crippen molar-refractivity contribution in [2.24, 2.45) is 0 Å².